The number of benzene rings is 1. The highest BCUT2D eigenvalue weighted by Crippen LogP contribution is 2.40. The van der Waals surface area contributed by atoms with Gasteiger partial charge >= 0.3 is 0 Å². The largest absolute Gasteiger partial charge is 0.485 e. The summed E-state index contributed by atoms with van der Waals surface area (Å²) in [6, 6.07) is 5.86. The number of aryl methyl sites for hydroxylation is 1. The maximum Gasteiger partial charge on any atom is 0.143 e. The summed E-state index contributed by atoms with van der Waals surface area (Å²) in [5.74, 6) is 0.759. The van der Waals surface area contributed by atoms with Gasteiger partial charge in [-0.1, -0.05) is 6.07 Å². The van der Waals surface area contributed by atoms with Crippen LogP contribution in [0.2, 0.25) is 0 Å². The minimum atomic E-state index is -0.292. The van der Waals surface area contributed by atoms with E-state index in [9.17, 15) is 0 Å². The number of rotatable bonds is 2. The third kappa shape index (κ3) is 2.61. The molecule has 1 saturated heterocycles. The molecule has 1 aromatic carbocycles. The monoisotopic (exact) mass is 249 g/mol. The lowest BCUT2D eigenvalue weighted by atomic mass is 9.97. The molecular weight excluding hydrogens is 226 g/mol. The van der Waals surface area contributed by atoms with Crippen LogP contribution in [-0.4, -0.2) is 17.3 Å². The van der Waals surface area contributed by atoms with E-state index in [1.807, 2.05) is 25.1 Å². The molecule has 3 nitrogen and oxygen atoms in total. The summed E-state index contributed by atoms with van der Waals surface area (Å²) >= 11 is 0. The smallest absolute Gasteiger partial charge is 0.143 e. The van der Waals surface area contributed by atoms with Gasteiger partial charge in [-0.05, 0) is 52.3 Å². The minimum absolute atomic E-state index is 0.0246. The first-order valence-electron chi connectivity index (χ1n) is 6.43. The normalized spacial score (nSPS) is 25.1. The fourth-order valence-electron chi connectivity index (χ4n) is 2.59. The lowest BCUT2D eigenvalue weighted by molar-refractivity contribution is -0.0845. The Morgan fingerprint density at radius 2 is 1.94 bits per heavy atom. The SMILES string of the molecule is Cc1ccc(N)c(OC2CC(C)(C)OC2(C)C)c1. The van der Waals surface area contributed by atoms with Crippen molar-refractivity contribution >= 4 is 5.69 Å². The number of nitrogen functional groups attached to an aromatic ring is 1. The molecule has 1 atom stereocenters. The zero-order valence-corrected chi connectivity index (χ0v) is 11.9. The number of hydrogen-bond acceptors (Lipinski definition) is 3. The summed E-state index contributed by atoms with van der Waals surface area (Å²) < 4.78 is 12.1. The summed E-state index contributed by atoms with van der Waals surface area (Å²) in [7, 11) is 0. The Labute approximate surface area is 109 Å². The standard InChI is InChI=1S/C15H23NO2/c1-10-6-7-11(16)12(8-10)17-13-9-14(2,3)18-15(13,4)5/h6-8,13H,9,16H2,1-5H3. The summed E-state index contributed by atoms with van der Waals surface area (Å²) in [6.07, 6.45) is 0.893. The molecule has 2 N–H and O–H groups in total. The van der Waals surface area contributed by atoms with Crippen LogP contribution in [0.25, 0.3) is 0 Å². The first-order valence-corrected chi connectivity index (χ1v) is 6.43. The zero-order chi connectivity index (χ0) is 13.6. The van der Waals surface area contributed by atoms with Crippen LogP contribution in [0.3, 0.4) is 0 Å². The van der Waals surface area contributed by atoms with Gasteiger partial charge in [-0.3, -0.25) is 0 Å². The summed E-state index contributed by atoms with van der Waals surface area (Å²) in [6.45, 7) is 10.4. The van der Waals surface area contributed by atoms with Crippen LogP contribution in [-0.2, 0) is 4.74 Å². The molecule has 1 fully saturated rings. The Kier molecular flexibility index (Phi) is 3.06. The van der Waals surface area contributed by atoms with Gasteiger partial charge in [0, 0.05) is 6.42 Å². The van der Waals surface area contributed by atoms with Crippen molar-refractivity contribution in [3.63, 3.8) is 0 Å². The van der Waals surface area contributed by atoms with Crippen molar-refractivity contribution in [2.75, 3.05) is 5.73 Å². The third-order valence-corrected chi connectivity index (χ3v) is 3.43. The van der Waals surface area contributed by atoms with Gasteiger partial charge in [0.1, 0.15) is 17.5 Å². The Morgan fingerprint density at radius 1 is 1.28 bits per heavy atom. The van der Waals surface area contributed by atoms with Gasteiger partial charge in [0.25, 0.3) is 0 Å². The van der Waals surface area contributed by atoms with Crippen LogP contribution in [0.1, 0.15) is 39.7 Å². The lowest BCUT2D eigenvalue weighted by Crippen LogP contribution is -2.36. The average molecular weight is 249 g/mol. The predicted molar refractivity (Wildman–Crippen MR) is 73.9 cm³/mol. The van der Waals surface area contributed by atoms with E-state index in [-0.39, 0.29) is 17.3 Å². The molecule has 1 unspecified atom stereocenters. The number of nitrogens with two attached hydrogens (primary N) is 1. The molecule has 1 aliphatic rings. The number of anilines is 1. The average Bonchev–Trinajstić information content (AvgIpc) is 2.40. The molecule has 100 valence electrons. The Balaban J connectivity index is 2.21. The highest BCUT2D eigenvalue weighted by molar-refractivity contribution is 5.53. The fourth-order valence-corrected chi connectivity index (χ4v) is 2.59. The van der Waals surface area contributed by atoms with E-state index in [2.05, 4.69) is 27.7 Å². The topological polar surface area (TPSA) is 44.5 Å². The highest BCUT2D eigenvalue weighted by Gasteiger charge is 2.47. The minimum Gasteiger partial charge on any atom is -0.485 e. The molecule has 0 aromatic heterocycles. The lowest BCUT2D eigenvalue weighted by Gasteiger charge is -2.27. The molecule has 0 aliphatic carbocycles. The fraction of sp³-hybridized carbons (Fsp3) is 0.600. The van der Waals surface area contributed by atoms with Crippen molar-refractivity contribution in [2.45, 2.75) is 58.3 Å². The summed E-state index contributed by atoms with van der Waals surface area (Å²) in [4.78, 5) is 0. The first kappa shape index (κ1) is 13.2. The first-order chi connectivity index (χ1) is 8.20. The molecule has 0 spiro atoms. The molecule has 3 heteroatoms. The molecule has 18 heavy (non-hydrogen) atoms. The van der Waals surface area contributed by atoms with Crippen molar-refractivity contribution < 1.29 is 9.47 Å². The van der Waals surface area contributed by atoms with Crippen molar-refractivity contribution in [1.29, 1.82) is 0 Å². The van der Waals surface area contributed by atoms with E-state index in [1.54, 1.807) is 0 Å². The van der Waals surface area contributed by atoms with Crippen molar-refractivity contribution in [3.05, 3.63) is 23.8 Å². The van der Waals surface area contributed by atoms with E-state index in [0.29, 0.717) is 5.69 Å². The van der Waals surface area contributed by atoms with Gasteiger partial charge in [0.15, 0.2) is 0 Å². The van der Waals surface area contributed by atoms with Crippen LogP contribution in [0.4, 0.5) is 5.69 Å². The van der Waals surface area contributed by atoms with Gasteiger partial charge in [-0.15, -0.1) is 0 Å². The van der Waals surface area contributed by atoms with E-state index < -0.39 is 0 Å². The Bertz CT molecular complexity index is 452. The van der Waals surface area contributed by atoms with Gasteiger partial charge in [-0.25, -0.2) is 0 Å². The molecule has 2 rings (SSSR count). The highest BCUT2D eigenvalue weighted by atomic mass is 16.6. The van der Waals surface area contributed by atoms with Crippen LogP contribution in [0.15, 0.2) is 18.2 Å². The van der Waals surface area contributed by atoms with Gasteiger partial charge in [-0.2, -0.15) is 0 Å². The predicted octanol–water partition coefficient (Wildman–Crippen LogP) is 3.30. The molecule has 1 aliphatic heterocycles. The van der Waals surface area contributed by atoms with E-state index in [1.165, 1.54) is 0 Å². The van der Waals surface area contributed by atoms with Crippen molar-refractivity contribution in [3.8, 4) is 5.75 Å². The summed E-state index contributed by atoms with van der Waals surface area (Å²) in [5.41, 5.74) is 7.35. The second-order valence-corrected chi connectivity index (χ2v) is 6.32. The van der Waals surface area contributed by atoms with Crippen LogP contribution < -0.4 is 10.5 Å². The number of ether oxygens (including phenoxy) is 2. The molecule has 0 amide bonds. The van der Waals surface area contributed by atoms with Crippen molar-refractivity contribution in [1.82, 2.24) is 0 Å². The van der Waals surface area contributed by atoms with Gasteiger partial charge in [0.2, 0.25) is 0 Å². The third-order valence-electron chi connectivity index (χ3n) is 3.43. The second-order valence-electron chi connectivity index (χ2n) is 6.32. The van der Waals surface area contributed by atoms with E-state index >= 15 is 0 Å². The maximum atomic E-state index is 6.09. The van der Waals surface area contributed by atoms with Gasteiger partial charge in [0.05, 0.1) is 11.3 Å². The van der Waals surface area contributed by atoms with Crippen LogP contribution >= 0.6 is 0 Å². The molecule has 1 heterocycles. The quantitative estimate of drug-likeness (QED) is 0.818. The van der Waals surface area contributed by atoms with Crippen LogP contribution in [0, 0.1) is 6.92 Å². The van der Waals surface area contributed by atoms with Crippen molar-refractivity contribution in [2.24, 2.45) is 0 Å². The van der Waals surface area contributed by atoms with Crippen LogP contribution in [0.5, 0.6) is 5.75 Å². The second kappa shape index (κ2) is 4.16. The maximum absolute atomic E-state index is 6.09. The summed E-state index contributed by atoms with van der Waals surface area (Å²) in [5, 5.41) is 0. The molecule has 1 aromatic rings. The number of hydrogen-bond donors (Lipinski definition) is 1. The Morgan fingerprint density at radius 3 is 2.50 bits per heavy atom. The molecule has 0 saturated carbocycles. The Hall–Kier alpha value is -1.22. The molecule has 0 bridgehead atoms. The van der Waals surface area contributed by atoms with E-state index in [4.69, 9.17) is 15.2 Å². The zero-order valence-electron chi connectivity index (χ0n) is 11.9. The van der Waals surface area contributed by atoms with E-state index in [0.717, 1.165) is 17.7 Å². The van der Waals surface area contributed by atoms with Gasteiger partial charge < -0.3 is 15.2 Å². The molecule has 0 radical (unpaired) electrons. The molecular formula is C15H23NO2.